The fourth-order valence-electron chi connectivity index (χ4n) is 1.44. The summed E-state index contributed by atoms with van der Waals surface area (Å²) in [5.41, 5.74) is 6.45. The van der Waals surface area contributed by atoms with Crippen LogP contribution in [0.2, 0.25) is 0 Å². The van der Waals surface area contributed by atoms with Gasteiger partial charge in [-0.25, -0.2) is 4.79 Å². The van der Waals surface area contributed by atoms with Gasteiger partial charge in [0.05, 0.1) is 0 Å². The van der Waals surface area contributed by atoms with Crippen molar-refractivity contribution in [1.82, 2.24) is 0 Å². The number of carbonyl (C=O) groups is 1. The number of nitrogens with two attached hydrogens (primary N) is 1. The maximum absolute atomic E-state index is 10.6. The molecule has 76 valence electrons. The normalized spacial score (nSPS) is 10.2. The van der Waals surface area contributed by atoms with Gasteiger partial charge in [-0.1, -0.05) is 30.8 Å². The molecular weight excluding hydrogens is 210 g/mol. The van der Waals surface area contributed by atoms with E-state index in [9.17, 15) is 4.79 Å². The number of hydrogen-bond acceptors (Lipinski definition) is 3. The van der Waals surface area contributed by atoms with Crippen LogP contribution in [0.15, 0.2) is 36.4 Å². The van der Waals surface area contributed by atoms with Crippen LogP contribution in [-0.2, 0) is 0 Å². The maximum atomic E-state index is 10.6. The van der Waals surface area contributed by atoms with Crippen molar-refractivity contribution < 1.29 is 9.53 Å². The summed E-state index contributed by atoms with van der Waals surface area (Å²) in [6.07, 6.45) is 0. The molecule has 0 amide bonds. The minimum absolute atomic E-state index is 0.445. The van der Waals surface area contributed by atoms with Gasteiger partial charge < -0.3 is 10.5 Å². The third-order valence-corrected chi connectivity index (χ3v) is 2.18. The Bertz CT molecular complexity index is 525. The summed E-state index contributed by atoms with van der Waals surface area (Å²) in [6.45, 7) is 0. The molecule has 2 rings (SSSR count). The Morgan fingerprint density at radius 3 is 2.80 bits per heavy atom. The van der Waals surface area contributed by atoms with Crippen LogP contribution in [0.4, 0.5) is 10.5 Å². The first kappa shape index (κ1) is 9.86. The Hall–Kier alpha value is -1.68. The Morgan fingerprint density at radius 2 is 2.07 bits per heavy atom. The van der Waals surface area contributed by atoms with Crippen LogP contribution in [-0.4, -0.2) is 5.30 Å². The topological polar surface area (TPSA) is 52.3 Å². The first-order valence-electron chi connectivity index (χ1n) is 4.36. The van der Waals surface area contributed by atoms with Gasteiger partial charge in [-0.05, 0) is 23.6 Å². The average Bonchev–Trinajstić information content (AvgIpc) is 2.18. The Morgan fingerprint density at radius 1 is 1.27 bits per heavy atom. The van der Waals surface area contributed by atoms with E-state index in [1.807, 2.05) is 18.2 Å². The van der Waals surface area contributed by atoms with E-state index >= 15 is 0 Å². The summed E-state index contributed by atoms with van der Waals surface area (Å²) in [7, 11) is 0. The molecule has 2 aromatic rings. The SMILES string of the molecule is Nc1cccc2ccc(OC(=O)S)cc12. The van der Waals surface area contributed by atoms with Gasteiger partial charge in [0.2, 0.25) is 0 Å². The van der Waals surface area contributed by atoms with Crippen molar-refractivity contribution in [2.75, 3.05) is 5.73 Å². The van der Waals surface area contributed by atoms with Gasteiger partial charge in [0, 0.05) is 11.1 Å². The van der Waals surface area contributed by atoms with Gasteiger partial charge in [-0.2, -0.15) is 0 Å². The highest BCUT2D eigenvalue weighted by Gasteiger charge is 2.02. The molecule has 2 aromatic carbocycles. The summed E-state index contributed by atoms with van der Waals surface area (Å²) in [5.74, 6) is 0.445. The van der Waals surface area contributed by atoms with E-state index in [1.54, 1.807) is 18.2 Å². The number of nitrogen functional groups attached to an aromatic ring is 1. The molecule has 0 unspecified atom stereocenters. The number of ether oxygens (including phenoxy) is 1. The Balaban J connectivity index is 2.54. The molecule has 0 spiro atoms. The zero-order chi connectivity index (χ0) is 10.8. The molecule has 0 aromatic heterocycles. The molecule has 0 aliphatic rings. The first-order valence-corrected chi connectivity index (χ1v) is 4.80. The quantitative estimate of drug-likeness (QED) is 0.440. The lowest BCUT2D eigenvalue weighted by Gasteiger charge is -2.04. The van der Waals surface area contributed by atoms with E-state index in [0.29, 0.717) is 11.4 Å². The second-order valence-electron chi connectivity index (χ2n) is 3.10. The van der Waals surface area contributed by atoms with Gasteiger partial charge in [0.15, 0.2) is 0 Å². The standard InChI is InChI=1S/C11H9NO2S/c12-10-3-1-2-7-4-5-8(6-9(7)10)14-11(13)15/h1-6H,12H2,(H,13,15). The van der Waals surface area contributed by atoms with Gasteiger partial charge in [0.25, 0.3) is 0 Å². The van der Waals surface area contributed by atoms with Crippen LogP contribution in [0.25, 0.3) is 10.8 Å². The van der Waals surface area contributed by atoms with Gasteiger partial charge in [-0.15, -0.1) is 0 Å². The summed E-state index contributed by atoms with van der Waals surface area (Å²) >= 11 is 3.54. The highest BCUT2D eigenvalue weighted by atomic mass is 32.1. The fraction of sp³-hybridized carbons (Fsp3) is 0. The molecule has 0 saturated carbocycles. The minimum atomic E-state index is -0.635. The molecule has 0 bridgehead atoms. The average molecular weight is 219 g/mol. The number of hydrogen-bond donors (Lipinski definition) is 2. The molecule has 0 aliphatic heterocycles. The molecule has 0 radical (unpaired) electrons. The largest absolute Gasteiger partial charge is 0.419 e. The lowest BCUT2D eigenvalue weighted by atomic mass is 10.1. The summed E-state index contributed by atoms with van der Waals surface area (Å²) in [6, 6.07) is 10.9. The van der Waals surface area contributed by atoms with Gasteiger partial charge >= 0.3 is 5.30 Å². The summed E-state index contributed by atoms with van der Waals surface area (Å²) in [5, 5.41) is 1.24. The van der Waals surface area contributed by atoms with Crippen molar-refractivity contribution >= 4 is 34.4 Å². The highest BCUT2D eigenvalue weighted by Crippen LogP contribution is 2.25. The summed E-state index contributed by atoms with van der Waals surface area (Å²) < 4.78 is 4.85. The fourth-order valence-corrected chi connectivity index (χ4v) is 1.55. The zero-order valence-corrected chi connectivity index (χ0v) is 8.70. The molecular formula is C11H9NO2S. The van der Waals surface area contributed by atoms with Crippen molar-refractivity contribution in [3.8, 4) is 5.75 Å². The maximum Gasteiger partial charge on any atom is 0.369 e. The predicted octanol–water partition coefficient (Wildman–Crippen LogP) is 2.85. The van der Waals surface area contributed by atoms with Crippen LogP contribution >= 0.6 is 12.6 Å². The van der Waals surface area contributed by atoms with Crippen LogP contribution in [0.3, 0.4) is 0 Å². The van der Waals surface area contributed by atoms with Crippen molar-refractivity contribution in [2.24, 2.45) is 0 Å². The van der Waals surface area contributed by atoms with Gasteiger partial charge in [-0.3, -0.25) is 0 Å². The zero-order valence-electron chi connectivity index (χ0n) is 7.81. The number of rotatable bonds is 1. The number of carbonyl (C=O) groups excluding carboxylic acids is 1. The number of fused-ring (bicyclic) bond motifs is 1. The Labute approximate surface area is 92.2 Å². The van der Waals surface area contributed by atoms with Crippen LogP contribution in [0.5, 0.6) is 5.75 Å². The third-order valence-electron chi connectivity index (χ3n) is 2.09. The molecule has 0 saturated heterocycles. The molecule has 0 heterocycles. The second-order valence-corrected chi connectivity index (χ2v) is 3.46. The second kappa shape index (κ2) is 3.82. The molecule has 3 nitrogen and oxygen atoms in total. The van der Waals surface area contributed by atoms with E-state index in [-0.39, 0.29) is 0 Å². The van der Waals surface area contributed by atoms with E-state index in [2.05, 4.69) is 12.6 Å². The van der Waals surface area contributed by atoms with Crippen molar-refractivity contribution in [3.63, 3.8) is 0 Å². The van der Waals surface area contributed by atoms with E-state index in [4.69, 9.17) is 10.5 Å². The monoisotopic (exact) mass is 219 g/mol. The number of thiol groups is 1. The minimum Gasteiger partial charge on any atom is -0.419 e. The molecule has 0 aliphatic carbocycles. The van der Waals surface area contributed by atoms with Crippen LogP contribution in [0.1, 0.15) is 0 Å². The number of anilines is 1. The third kappa shape index (κ3) is 2.05. The van der Waals surface area contributed by atoms with Crippen molar-refractivity contribution in [3.05, 3.63) is 36.4 Å². The van der Waals surface area contributed by atoms with E-state index in [1.165, 1.54) is 0 Å². The lowest BCUT2D eigenvalue weighted by molar-refractivity contribution is 0.227. The molecule has 2 N–H and O–H groups in total. The lowest BCUT2D eigenvalue weighted by Crippen LogP contribution is -1.96. The Kier molecular flexibility index (Phi) is 2.51. The molecule has 0 fully saturated rings. The van der Waals surface area contributed by atoms with Crippen molar-refractivity contribution in [1.29, 1.82) is 0 Å². The molecule has 15 heavy (non-hydrogen) atoms. The first-order chi connectivity index (χ1) is 7.16. The van der Waals surface area contributed by atoms with E-state index < -0.39 is 5.30 Å². The van der Waals surface area contributed by atoms with Crippen LogP contribution < -0.4 is 10.5 Å². The summed E-state index contributed by atoms with van der Waals surface area (Å²) in [4.78, 5) is 10.6. The molecule has 0 atom stereocenters. The molecule has 4 heteroatoms. The van der Waals surface area contributed by atoms with Gasteiger partial charge in [0.1, 0.15) is 5.75 Å². The van der Waals surface area contributed by atoms with Crippen LogP contribution in [0, 0.1) is 0 Å². The smallest absolute Gasteiger partial charge is 0.369 e. The van der Waals surface area contributed by atoms with Crippen molar-refractivity contribution in [2.45, 2.75) is 0 Å². The highest BCUT2D eigenvalue weighted by molar-refractivity contribution is 7.96. The predicted molar refractivity (Wildman–Crippen MR) is 63.4 cm³/mol. The number of benzene rings is 2. The van der Waals surface area contributed by atoms with E-state index in [0.717, 1.165) is 10.8 Å².